The number of aliphatic hydroxyl groups excluding tert-OH is 2. The molecule has 134 valence electrons. The van der Waals surface area contributed by atoms with Crippen LogP contribution in [-0.4, -0.2) is 60.4 Å². The zero-order valence-electron chi connectivity index (χ0n) is 13.2. The Morgan fingerprint density at radius 1 is 1.64 bits per heavy atom. The predicted molar refractivity (Wildman–Crippen MR) is 85.1 cm³/mol. The second kappa shape index (κ2) is 6.12. The smallest absolute Gasteiger partial charge is 0.261 e. The Morgan fingerprint density at radius 3 is 3.00 bits per heavy atom. The molecule has 0 spiro atoms. The van der Waals surface area contributed by atoms with Gasteiger partial charge in [-0.15, -0.1) is 0 Å². The summed E-state index contributed by atoms with van der Waals surface area (Å²) < 4.78 is 19.3. The number of nitrogens with two attached hydrogens (primary N) is 1. The quantitative estimate of drug-likeness (QED) is 0.420. The monoisotopic (exact) mass is 352 g/mol. The van der Waals surface area contributed by atoms with Crippen molar-refractivity contribution in [2.45, 2.75) is 37.1 Å². The van der Waals surface area contributed by atoms with Gasteiger partial charge < -0.3 is 30.4 Å². The van der Waals surface area contributed by atoms with E-state index in [1.807, 2.05) is 0 Å². The minimum absolute atomic E-state index is 0.0881. The van der Waals surface area contributed by atoms with Gasteiger partial charge in [-0.05, 0) is 13.0 Å². The van der Waals surface area contributed by atoms with Crippen LogP contribution >= 0.6 is 0 Å². The van der Waals surface area contributed by atoms with Crippen molar-refractivity contribution < 1.29 is 24.4 Å². The fraction of sp³-hybridized carbons (Fsp3) is 0.467. The van der Waals surface area contributed by atoms with Gasteiger partial charge in [0.1, 0.15) is 18.9 Å². The molecule has 0 saturated carbocycles. The summed E-state index contributed by atoms with van der Waals surface area (Å²) in [5.74, 6) is 4.17. The molecule has 0 bridgehead atoms. The molecule has 10 heteroatoms. The van der Waals surface area contributed by atoms with Gasteiger partial charge in [-0.25, -0.2) is 4.39 Å². The number of nitrogen functional groups attached to an aromatic ring is 1. The summed E-state index contributed by atoms with van der Waals surface area (Å²) >= 11 is 0. The van der Waals surface area contributed by atoms with Crippen LogP contribution in [0.15, 0.2) is 17.1 Å². The molecule has 1 fully saturated rings. The third-order valence-corrected chi connectivity index (χ3v) is 4.11. The maximum atomic E-state index is 12.5. The van der Waals surface area contributed by atoms with Gasteiger partial charge in [-0.3, -0.25) is 9.78 Å². The van der Waals surface area contributed by atoms with E-state index < -0.39 is 42.4 Å². The molecule has 1 unspecified atom stereocenters. The topological polar surface area (TPSA) is 147 Å². The van der Waals surface area contributed by atoms with E-state index in [0.717, 1.165) is 0 Å². The number of H-pyrrole nitrogens is 1. The number of ether oxygens (including phenoxy) is 1. The summed E-state index contributed by atoms with van der Waals surface area (Å²) in [7, 11) is 0. The van der Waals surface area contributed by atoms with Crippen LogP contribution in [0.4, 0.5) is 10.3 Å². The van der Waals surface area contributed by atoms with Crippen LogP contribution in [0.3, 0.4) is 0 Å². The highest BCUT2D eigenvalue weighted by Gasteiger charge is 2.57. The van der Waals surface area contributed by atoms with E-state index in [1.54, 1.807) is 0 Å². The van der Waals surface area contributed by atoms with Crippen molar-refractivity contribution in [2.24, 2.45) is 0 Å². The van der Waals surface area contributed by atoms with E-state index in [2.05, 4.69) is 21.8 Å². The number of hydrogen-bond donors (Lipinski definition) is 5. The van der Waals surface area contributed by atoms with Crippen molar-refractivity contribution in [3.05, 3.63) is 22.6 Å². The van der Waals surface area contributed by atoms with Crippen molar-refractivity contribution >= 4 is 17.0 Å². The second-order valence-electron chi connectivity index (χ2n) is 5.81. The van der Waals surface area contributed by atoms with Gasteiger partial charge in [0.25, 0.3) is 5.56 Å². The summed E-state index contributed by atoms with van der Waals surface area (Å²) in [5.41, 5.74) is 2.92. The van der Waals surface area contributed by atoms with Gasteiger partial charge in [0.15, 0.2) is 17.5 Å². The van der Waals surface area contributed by atoms with Gasteiger partial charge in [0, 0.05) is 6.20 Å². The molecule has 0 aliphatic carbocycles. The van der Waals surface area contributed by atoms with Crippen LogP contribution < -0.4 is 11.3 Å². The van der Waals surface area contributed by atoms with E-state index in [-0.39, 0.29) is 17.0 Å². The highest BCUT2D eigenvalue weighted by atomic mass is 19.1. The third-order valence-electron chi connectivity index (χ3n) is 4.11. The summed E-state index contributed by atoms with van der Waals surface area (Å²) in [6.07, 6.45) is -3.88. The number of rotatable bonds is 2. The normalized spacial score (nSPS) is 30.2. The second-order valence-corrected chi connectivity index (χ2v) is 5.81. The molecule has 9 nitrogen and oxygen atoms in total. The predicted octanol–water partition coefficient (Wildman–Crippen LogP) is -1.35. The summed E-state index contributed by atoms with van der Waals surface area (Å²) in [6, 6.07) is 1.43. The molecule has 0 radical (unpaired) electrons. The Balaban J connectivity index is 2.18. The minimum Gasteiger partial charge on any atom is -0.391 e. The largest absolute Gasteiger partial charge is 0.391 e. The van der Waals surface area contributed by atoms with Crippen molar-refractivity contribution in [1.82, 2.24) is 14.5 Å². The molecule has 2 aromatic rings. The van der Waals surface area contributed by atoms with Gasteiger partial charge in [0.05, 0.1) is 11.5 Å². The molecule has 1 aliphatic heterocycles. The van der Waals surface area contributed by atoms with E-state index in [1.165, 1.54) is 23.8 Å². The summed E-state index contributed by atoms with van der Waals surface area (Å²) in [4.78, 5) is 18.3. The number of anilines is 1. The molecular formula is C15H17FN4O5. The van der Waals surface area contributed by atoms with Crippen LogP contribution in [0.2, 0.25) is 0 Å². The number of nitrogens with one attached hydrogen (secondary N) is 1. The minimum atomic E-state index is -2.22. The first kappa shape index (κ1) is 17.4. The average Bonchev–Trinajstić information content (AvgIpc) is 3.06. The number of aromatic amines is 1. The van der Waals surface area contributed by atoms with E-state index in [0.29, 0.717) is 0 Å². The summed E-state index contributed by atoms with van der Waals surface area (Å²) in [5, 5.41) is 31.2. The van der Waals surface area contributed by atoms with Crippen molar-refractivity contribution in [3.8, 4) is 11.8 Å². The molecule has 2 aromatic heterocycles. The number of aromatic nitrogens is 3. The van der Waals surface area contributed by atoms with Crippen molar-refractivity contribution in [1.29, 1.82) is 0 Å². The Hall–Kier alpha value is -2.45. The standard InChI is InChI=1S/C15H17FN4O5/c1-7(21)9-10(22)15(24,4-2-5-16)13(25-9)20-6-3-8-11(20)18-14(17)19-12(8)23/h3,6-7,9-10,13,21-22,24H,5H2,1H3,(H3,17,18,19,23)/t7-,9-,10+,13-,15?/m1/s1. The fourth-order valence-corrected chi connectivity index (χ4v) is 2.94. The summed E-state index contributed by atoms with van der Waals surface area (Å²) in [6.45, 7) is 0.326. The van der Waals surface area contributed by atoms with Crippen LogP contribution in [0, 0.1) is 11.8 Å². The van der Waals surface area contributed by atoms with E-state index in [9.17, 15) is 24.5 Å². The first-order valence-electron chi connectivity index (χ1n) is 7.46. The van der Waals surface area contributed by atoms with Crippen LogP contribution in [-0.2, 0) is 4.74 Å². The van der Waals surface area contributed by atoms with Crippen LogP contribution in [0.5, 0.6) is 0 Å². The molecule has 1 aliphatic rings. The van der Waals surface area contributed by atoms with Gasteiger partial charge in [-0.1, -0.05) is 11.8 Å². The number of fused-ring (bicyclic) bond motifs is 1. The Labute approximate surface area is 140 Å². The van der Waals surface area contributed by atoms with Gasteiger partial charge in [-0.2, -0.15) is 4.98 Å². The zero-order chi connectivity index (χ0) is 18.4. The molecular weight excluding hydrogens is 335 g/mol. The van der Waals surface area contributed by atoms with Crippen LogP contribution in [0.1, 0.15) is 13.2 Å². The SMILES string of the molecule is C[C@@H](O)[C@H]1O[C@@H](n2ccc3c(=O)[nH]c(N)nc32)C(O)(C#CCF)[C@H]1O. The molecule has 1 saturated heterocycles. The average molecular weight is 352 g/mol. The van der Waals surface area contributed by atoms with Crippen molar-refractivity contribution in [2.75, 3.05) is 12.4 Å². The lowest BCUT2D eigenvalue weighted by atomic mass is 9.92. The number of halogens is 1. The molecule has 3 heterocycles. The van der Waals surface area contributed by atoms with E-state index >= 15 is 0 Å². The zero-order valence-corrected chi connectivity index (χ0v) is 13.2. The molecule has 0 aromatic carbocycles. The number of nitrogens with zero attached hydrogens (tertiary/aromatic N) is 2. The van der Waals surface area contributed by atoms with E-state index in [4.69, 9.17) is 10.5 Å². The third kappa shape index (κ3) is 2.67. The first-order chi connectivity index (χ1) is 11.8. The van der Waals surface area contributed by atoms with Crippen molar-refractivity contribution in [3.63, 3.8) is 0 Å². The molecule has 0 amide bonds. The molecule has 25 heavy (non-hydrogen) atoms. The Kier molecular flexibility index (Phi) is 4.26. The van der Waals surface area contributed by atoms with Gasteiger partial charge in [0.2, 0.25) is 5.95 Å². The molecule has 3 rings (SSSR count). The lowest BCUT2D eigenvalue weighted by Gasteiger charge is -2.26. The number of alkyl halides is 1. The lowest BCUT2D eigenvalue weighted by Crippen LogP contribution is -2.47. The first-order valence-corrected chi connectivity index (χ1v) is 7.46. The van der Waals surface area contributed by atoms with Gasteiger partial charge >= 0.3 is 0 Å². The molecule has 6 N–H and O–H groups in total. The van der Waals surface area contributed by atoms with Crippen LogP contribution in [0.25, 0.3) is 11.0 Å². The maximum Gasteiger partial charge on any atom is 0.261 e. The maximum absolute atomic E-state index is 12.5. The Morgan fingerprint density at radius 2 is 2.36 bits per heavy atom. The highest BCUT2D eigenvalue weighted by molar-refractivity contribution is 5.76. The fourth-order valence-electron chi connectivity index (χ4n) is 2.94. The lowest BCUT2D eigenvalue weighted by molar-refractivity contribution is -0.0845. The highest BCUT2D eigenvalue weighted by Crippen LogP contribution is 2.40. The number of hydrogen-bond acceptors (Lipinski definition) is 7. The Bertz CT molecular complexity index is 914. The molecule has 5 atom stereocenters. The number of aliphatic hydroxyl groups is 3.